The number of aldehydes is 1. The van der Waals surface area contributed by atoms with Crippen LogP contribution in [0.4, 0.5) is 0 Å². The molecule has 6 heteroatoms. The first-order chi connectivity index (χ1) is 8.17. The lowest BCUT2D eigenvalue weighted by atomic mass is 10.3. The van der Waals surface area contributed by atoms with Crippen LogP contribution in [0.1, 0.15) is 16.2 Å². The van der Waals surface area contributed by atoms with Crippen LogP contribution in [-0.4, -0.2) is 28.4 Å². The highest BCUT2D eigenvalue weighted by atomic mass is 35.5. The highest BCUT2D eigenvalue weighted by Gasteiger charge is 2.10. The Morgan fingerprint density at radius 1 is 1.47 bits per heavy atom. The van der Waals surface area contributed by atoms with Gasteiger partial charge in [0.15, 0.2) is 6.29 Å². The number of benzene rings is 1. The molecule has 0 aliphatic carbocycles. The summed E-state index contributed by atoms with van der Waals surface area (Å²) in [6.45, 7) is 1.77. The Hall–Kier alpha value is -1.88. The zero-order valence-electron chi connectivity index (χ0n) is 9.35. The molecule has 0 fully saturated rings. The number of carbonyl (C=O) groups is 1. The van der Waals surface area contributed by atoms with Crippen LogP contribution in [0.5, 0.6) is 5.75 Å². The predicted octanol–water partition coefficient (Wildman–Crippen LogP) is 2.05. The fourth-order valence-electron chi connectivity index (χ4n) is 1.48. The molecule has 0 aliphatic rings. The monoisotopic (exact) mass is 251 g/mol. The quantitative estimate of drug-likeness (QED) is 0.784. The van der Waals surface area contributed by atoms with Gasteiger partial charge in [-0.25, -0.2) is 4.68 Å². The number of hydrogen-bond donors (Lipinski definition) is 0. The summed E-state index contributed by atoms with van der Waals surface area (Å²) in [5, 5.41) is 8.12. The summed E-state index contributed by atoms with van der Waals surface area (Å²) < 4.78 is 6.61. The maximum atomic E-state index is 10.7. The van der Waals surface area contributed by atoms with E-state index in [0.29, 0.717) is 28.4 Å². The molecule has 0 saturated heterocycles. The Kier molecular flexibility index (Phi) is 3.10. The third-order valence-corrected chi connectivity index (χ3v) is 2.72. The average molecular weight is 252 g/mol. The van der Waals surface area contributed by atoms with Gasteiger partial charge in [-0.1, -0.05) is 16.8 Å². The van der Waals surface area contributed by atoms with Crippen molar-refractivity contribution < 1.29 is 9.53 Å². The van der Waals surface area contributed by atoms with Gasteiger partial charge in [-0.2, -0.15) is 0 Å². The molecule has 5 nitrogen and oxygen atoms in total. The van der Waals surface area contributed by atoms with Crippen molar-refractivity contribution in [2.75, 3.05) is 7.11 Å². The third-order valence-electron chi connectivity index (χ3n) is 2.42. The van der Waals surface area contributed by atoms with Crippen molar-refractivity contribution in [1.82, 2.24) is 15.0 Å². The van der Waals surface area contributed by atoms with E-state index in [2.05, 4.69) is 10.3 Å². The van der Waals surface area contributed by atoms with Crippen molar-refractivity contribution in [3.05, 3.63) is 34.6 Å². The lowest BCUT2D eigenvalue weighted by Gasteiger charge is -2.06. The minimum atomic E-state index is 0.317. The summed E-state index contributed by atoms with van der Waals surface area (Å²) in [6.07, 6.45) is 0.671. The zero-order valence-corrected chi connectivity index (χ0v) is 10.1. The molecule has 1 heterocycles. The Bertz CT molecular complexity index is 566. The largest absolute Gasteiger partial charge is 0.495 e. The van der Waals surface area contributed by atoms with E-state index in [1.54, 1.807) is 36.9 Å². The maximum Gasteiger partial charge on any atom is 0.172 e. The summed E-state index contributed by atoms with van der Waals surface area (Å²) in [6, 6.07) is 5.23. The van der Waals surface area contributed by atoms with E-state index in [4.69, 9.17) is 16.3 Å². The minimum absolute atomic E-state index is 0.317. The van der Waals surface area contributed by atoms with Crippen molar-refractivity contribution in [3.8, 4) is 11.4 Å². The summed E-state index contributed by atoms with van der Waals surface area (Å²) in [5.74, 6) is 0.587. The van der Waals surface area contributed by atoms with E-state index >= 15 is 0 Å². The maximum absolute atomic E-state index is 10.7. The first-order valence-corrected chi connectivity index (χ1v) is 5.26. The highest BCUT2D eigenvalue weighted by molar-refractivity contribution is 6.32. The first-order valence-electron chi connectivity index (χ1n) is 4.88. The first kappa shape index (κ1) is 11.6. The summed E-state index contributed by atoms with van der Waals surface area (Å²) in [7, 11) is 1.55. The van der Waals surface area contributed by atoms with Gasteiger partial charge in [0.25, 0.3) is 0 Å². The molecule has 88 valence electrons. The third kappa shape index (κ3) is 2.01. The number of ether oxygens (including phenoxy) is 1. The smallest absolute Gasteiger partial charge is 0.172 e. The SMILES string of the molecule is COc1ccc(-n2nnc(C=O)c2C)cc1Cl. The molecule has 2 aromatic rings. The zero-order chi connectivity index (χ0) is 12.4. The predicted molar refractivity (Wildman–Crippen MR) is 63.0 cm³/mol. The van der Waals surface area contributed by atoms with Gasteiger partial charge in [-0.3, -0.25) is 4.79 Å². The second-order valence-electron chi connectivity index (χ2n) is 3.41. The van der Waals surface area contributed by atoms with Gasteiger partial charge in [-0.05, 0) is 25.1 Å². The summed E-state index contributed by atoms with van der Waals surface area (Å²) >= 11 is 6.02. The van der Waals surface area contributed by atoms with Gasteiger partial charge in [0.1, 0.15) is 11.4 Å². The molecule has 0 N–H and O–H groups in total. The molecular formula is C11H10ClN3O2. The van der Waals surface area contributed by atoms with Gasteiger partial charge >= 0.3 is 0 Å². The molecule has 17 heavy (non-hydrogen) atoms. The number of carbonyl (C=O) groups excluding carboxylic acids is 1. The number of rotatable bonds is 3. The molecule has 0 spiro atoms. The van der Waals surface area contributed by atoms with Crippen LogP contribution in [0.25, 0.3) is 5.69 Å². The Morgan fingerprint density at radius 3 is 2.76 bits per heavy atom. The van der Waals surface area contributed by atoms with E-state index in [9.17, 15) is 4.79 Å². The van der Waals surface area contributed by atoms with Crippen LogP contribution in [0.3, 0.4) is 0 Å². The molecule has 0 aliphatic heterocycles. The molecular weight excluding hydrogens is 242 g/mol. The molecule has 1 aromatic carbocycles. The molecule has 0 atom stereocenters. The minimum Gasteiger partial charge on any atom is -0.495 e. The summed E-state index contributed by atoms with van der Waals surface area (Å²) in [4.78, 5) is 10.7. The van der Waals surface area contributed by atoms with E-state index in [1.165, 1.54) is 0 Å². The molecule has 0 unspecified atom stereocenters. The van der Waals surface area contributed by atoms with E-state index < -0.39 is 0 Å². The molecule has 0 bridgehead atoms. The van der Waals surface area contributed by atoms with Crippen molar-refractivity contribution in [3.63, 3.8) is 0 Å². The van der Waals surface area contributed by atoms with Crippen LogP contribution in [-0.2, 0) is 0 Å². The van der Waals surface area contributed by atoms with Crippen LogP contribution in [0.15, 0.2) is 18.2 Å². The topological polar surface area (TPSA) is 57.0 Å². The fraction of sp³-hybridized carbons (Fsp3) is 0.182. The van der Waals surface area contributed by atoms with Gasteiger partial charge in [0, 0.05) is 0 Å². The second kappa shape index (κ2) is 4.55. The Morgan fingerprint density at radius 2 is 2.24 bits per heavy atom. The normalized spacial score (nSPS) is 10.3. The number of methoxy groups -OCH3 is 1. The van der Waals surface area contributed by atoms with Crippen LogP contribution < -0.4 is 4.74 Å². The van der Waals surface area contributed by atoms with Crippen LogP contribution >= 0.6 is 11.6 Å². The van der Waals surface area contributed by atoms with Crippen molar-refractivity contribution in [2.45, 2.75) is 6.92 Å². The molecule has 0 saturated carbocycles. The van der Waals surface area contributed by atoms with E-state index in [-0.39, 0.29) is 0 Å². The summed E-state index contributed by atoms with van der Waals surface area (Å²) in [5.41, 5.74) is 1.71. The van der Waals surface area contributed by atoms with Crippen molar-refractivity contribution in [1.29, 1.82) is 0 Å². The number of hydrogen-bond acceptors (Lipinski definition) is 4. The standard InChI is InChI=1S/C11H10ClN3O2/c1-7-10(6-16)13-14-15(7)8-3-4-11(17-2)9(12)5-8/h3-6H,1-2H3. The number of halogens is 1. The molecule has 0 amide bonds. The average Bonchev–Trinajstić information content (AvgIpc) is 2.70. The highest BCUT2D eigenvalue weighted by Crippen LogP contribution is 2.26. The second-order valence-corrected chi connectivity index (χ2v) is 3.82. The Balaban J connectivity index is 2.49. The lowest BCUT2D eigenvalue weighted by molar-refractivity contribution is 0.111. The van der Waals surface area contributed by atoms with Gasteiger partial charge in [0.05, 0.1) is 23.5 Å². The van der Waals surface area contributed by atoms with Gasteiger partial charge in [-0.15, -0.1) is 5.10 Å². The fourth-order valence-corrected chi connectivity index (χ4v) is 1.73. The van der Waals surface area contributed by atoms with E-state index in [1.807, 2.05) is 0 Å². The van der Waals surface area contributed by atoms with Crippen LogP contribution in [0.2, 0.25) is 5.02 Å². The lowest BCUT2D eigenvalue weighted by Crippen LogP contribution is -2.00. The van der Waals surface area contributed by atoms with E-state index in [0.717, 1.165) is 5.69 Å². The molecule has 0 radical (unpaired) electrons. The molecule has 1 aromatic heterocycles. The number of aromatic nitrogens is 3. The van der Waals surface area contributed by atoms with Crippen molar-refractivity contribution in [2.24, 2.45) is 0 Å². The number of nitrogens with zero attached hydrogens (tertiary/aromatic N) is 3. The molecule has 2 rings (SSSR count). The Labute approximate surface area is 103 Å². The van der Waals surface area contributed by atoms with Gasteiger partial charge < -0.3 is 4.74 Å². The van der Waals surface area contributed by atoms with Gasteiger partial charge in [0.2, 0.25) is 0 Å². The van der Waals surface area contributed by atoms with Crippen molar-refractivity contribution >= 4 is 17.9 Å². The van der Waals surface area contributed by atoms with Crippen LogP contribution in [0, 0.1) is 6.92 Å².